The van der Waals surface area contributed by atoms with E-state index in [0.717, 1.165) is 11.8 Å². The zero-order valence-corrected chi connectivity index (χ0v) is 11.2. The number of nitrogens with zero attached hydrogens (tertiary/aromatic N) is 1. The van der Waals surface area contributed by atoms with Gasteiger partial charge in [-0.3, -0.25) is 9.78 Å². The van der Waals surface area contributed by atoms with Crippen molar-refractivity contribution >= 4 is 27.5 Å². The van der Waals surface area contributed by atoms with E-state index in [1.54, 1.807) is 12.1 Å². The molecule has 18 heavy (non-hydrogen) atoms. The highest BCUT2D eigenvalue weighted by Crippen LogP contribution is 2.20. The Bertz CT molecular complexity index is 601. The highest BCUT2D eigenvalue weighted by molar-refractivity contribution is 9.10. The molecule has 3 nitrogen and oxygen atoms in total. The standard InChI is InChI=1S/C13H10BrFN2O/c1-8-2-3-10(14)9(6-8)13(18)17-12-4-5-16-7-11(12)15/h2-7H,1H3,(H,16,17,18). The van der Waals surface area contributed by atoms with Crippen LogP contribution in [0.2, 0.25) is 0 Å². The van der Waals surface area contributed by atoms with Gasteiger partial charge in [-0.2, -0.15) is 0 Å². The molecular weight excluding hydrogens is 299 g/mol. The minimum atomic E-state index is -0.561. The minimum absolute atomic E-state index is 0.114. The number of aryl methyl sites for hydroxylation is 1. The zero-order valence-electron chi connectivity index (χ0n) is 9.58. The second kappa shape index (κ2) is 5.27. The SMILES string of the molecule is Cc1ccc(Br)c(C(=O)Nc2ccncc2F)c1. The van der Waals surface area contributed by atoms with Gasteiger partial charge in [-0.1, -0.05) is 11.6 Å². The molecule has 0 bridgehead atoms. The molecule has 0 saturated heterocycles. The fourth-order valence-corrected chi connectivity index (χ4v) is 1.91. The van der Waals surface area contributed by atoms with E-state index in [-0.39, 0.29) is 11.6 Å². The van der Waals surface area contributed by atoms with Crippen molar-refractivity contribution in [3.63, 3.8) is 0 Å². The molecule has 0 unspecified atom stereocenters. The molecule has 2 rings (SSSR count). The number of nitrogens with one attached hydrogen (secondary N) is 1. The lowest BCUT2D eigenvalue weighted by Gasteiger charge is -2.08. The van der Waals surface area contributed by atoms with Gasteiger partial charge in [-0.15, -0.1) is 0 Å². The summed E-state index contributed by atoms with van der Waals surface area (Å²) < 4.78 is 14.0. The first-order chi connectivity index (χ1) is 8.58. The van der Waals surface area contributed by atoms with Crippen molar-refractivity contribution in [1.82, 2.24) is 4.98 Å². The van der Waals surface area contributed by atoms with E-state index >= 15 is 0 Å². The molecule has 0 saturated carbocycles. The molecule has 92 valence electrons. The van der Waals surface area contributed by atoms with E-state index in [4.69, 9.17) is 0 Å². The van der Waals surface area contributed by atoms with Crippen LogP contribution >= 0.6 is 15.9 Å². The average molecular weight is 309 g/mol. The van der Waals surface area contributed by atoms with Gasteiger partial charge < -0.3 is 5.32 Å². The minimum Gasteiger partial charge on any atom is -0.319 e. The third kappa shape index (κ3) is 2.73. The van der Waals surface area contributed by atoms with Gasteiger partial charge in [0, 0.05) is 10.7 Å². The molecular formula is C13H10BrFN2O. The quantitative estimate of drug-likeness (QED) is 0.922. The van der Waals surface area contributed by atoms with E-state index in [0.29, 0.717) is 10.0 Å². The van der Waals surface area contributed by atoms with Crippen molar-refractivity contribution in [1.29, 1.82) is 0 Å². The fourth-order valence-electron chi connectivity index (χ4n) is 1.48. The Morgan fingerprint density at radius 3 is 2.89 bits per heavy atom. The predicted octanol–water partition coefficient (Wildman–Crippen LogP) is 3.54. The third-order valence-corrected chi connectivity index (χ3v) is 3.08. The van der Waals surface area contributed by atoms with Gasteiger partial charge in [0.2, 0.25) is 0 Å². The number of pyridine rings is 1. The summed E-state index contributed by atoms with van der Waals surface area (Å²) in [5.74, 6) is -0.926. The van der Waals surface area contributed by atoms with E-state index in [1.165, 1.54) is 12.3 Å². The number of hydrogen-bond acceptors (Lipinski definition) is 2. The summed E-state index contributed by atoms with van der Waals surface area (Å²) >= 11 is 3.30. The zero-order chi connectivity index (χ0) is 13.1. The van der Waals surface area contributed by atoms with Gasteiger partial charge in [0.15, 0.2) is 5.82 Å². The monoisotopic (exact) mass is 308 g/mol. The fraction of sp³-hybridized carbons (Fsp3) is 0.0769. The maximum Gasteiger partial charge on any atom is 0.256 e. The molecule has 0 spiro atoms. The van der Waals surface area contributed by atoms with Gasteiger partial charge in [0.25, 0.3) is 5.91 Å². The number of benzene rings is 1. The summed E-state index contributed by atoms with van der Waals surface area (Å²) in [6.45, 7) is 1.89. The highest BCUT2D eigenvalue weighted by Gasteiger charge is 2.12. The summed E-state index contributed by atoms with van der Waals surface area (Å²) in [7, 11) is 0. The van der Waals surface area contributed by atoms with Crippen molar-refractivity contribution in [2.24, 2.45) is 0 Å². The Morgan fingerprint density at radius 2 is 2.17 bits per heavy atom. The molecule has 0 aliphatic carbocycles. The first-order valence-electron chi connectivity index (χ1n) is 5.25. The molecule has 0 radical (unpaired) electrons. The normalized spacial score (nSPS) is 10.2. The van der Waals surface area contributed by atoms with Crippen molar-refractivity contribution in [3.8, 4) is 0 Å². The molecule has 2 aromatic rings. The highest BCUT2D eigenvalue weighted by atomic mass is 79.9. The molecule has 0 atom stereocenters. The van der Waals surface area contributed by atoms with Crippen LogP contribution in [0.1, 0.15) is 15.9 Å². The average Bonchev–Trinajstić information content (AvgIpc) is 2.35. The van der Waals surface area contributed by atoms with Gasteiger partial charge in [-0.05, 0) is 41.1 Å². The molecule has 0 fully saturated rings. The molecule has 1 aromatic carbocycles. The second-order valence-electron chi connectivity index (χ2n) is 3.79. The van der Waals surface area contributed by atoms with Gasteiger partial charge >= 0.3 is 0 Å². The number of amides is 1. The van der Waals surface area contributed by atoms with E-state index in [2.05, 4.69) is 26.2 Å². The van der Waals surface area contributed by atoms with Crippen LogP contribution < -0.4 is 5.32 Å². The van der Waals surface area contributed by atoms with Crippen LogP contribution in [0.4, 0.5) is 10.1 Å². The molecule has 1 heterocycles. The van der Waals surface area contributed by atoms with Crippen LogP contribution in [0.5, 0.6) is 0 Å². The lowest BCUT2D eigenvalue weighted by molar-refractivity contribution is 0.102. The Kier molecular flexibility index (Phi) is 3.72. The van der Waals surface area contributed by atoms with Crippen molar-refractivity contribution in [2.45, 2.75) is 6.92 Å². The van der Waals surface area contributed by atoms with Crippen molar-refractivity contribution in [3.05, 3.63) is 58.1 Å². The maximum absolute atomic E-state index is 13.4. The molecule has 0 aliphatic heterocycles. The summed E-state index contributed by atoms with van der Waals surface area (Å²) in [6, 6.07) is 6.82. The second-order valence-corrected chi connectivity index (χ2v) is 4.65. The van der Waals surface area contributed by atoms with Crippen LogP contribution in [-0.2, 0) is 0 Å². The molecule has 1 amide bonds. The van der Waals surface area contributed by atoms with Crippen LogP contribution in [0, 0.1) is 12.7 Å². The van der Waals surface area contributed by atoms with Gasteiger partial charge in [0.1, 0.15) is 0 Å². The van der Waals surface area contributed by atoms with E-state index < -0.39 is 5.82 Å². The number of carbonyl (C=O) groups is 1. The topological polar surface area (TPSA) is 42.0 Å². The summed E-state index contributed by atoms with van der Waals surface area (Å²) in [4.78, 5) is 15.6. The van der Waals surface area contributed by atoms with Crippen molar-refractivity contribution in [2.75, 3.05) is 5.32 Å². The molecule has 1 N–H and O–H groups in total. The molecule has 5 heteroatoms. The number of anilines is 1. The Balaban J connectivity index is 2.28. The predicted molar refractivity (Wildman–Crippen MR) is 71.0 cm³/mol. The van der Waals surface area contributed by atoms with Gasteiger partial charge in [0.05, 0.1) is 17.4 Å². The first kappa shape index (κ1) is 12.7. The van der Waals surface area contributed by atoms with E-state index in [1.807, 2.05) is 13.0 Å². The molecule has 1 aromatic heterocycles. The lowest BCUT2D eigenvalue weighted by atomic mass is 10.1. The van der Waals surface area contributed by atoms with Crippen LogP contribution in [-0.4, -0.2) is 10.9 Å². The van der Waals surface area contributed by atoms with Crippen molar-refractivity contribution < 1.29 is 9.18 Å². The van der Waals surface area contributed by atoms with Gasteiger partial charge in [-0.25, -0.2) is 4.39 Å². The van der Waals surface area contributed by atoms with Crippen LogP contribution in [0.15, 0.2) is 41.1 Å². The van der Waals surface area contributed by atoms with Crippen LogP contribution in [0.3, 0.4) is 0 Å². The number of aromatic nitrogens is 1. The van der Waals surface area contributed by atoms with E-state index in [9.17, 15) is 9.18 Å². The number of rotatable bonds is 2. The molecule has 0 aliphatic rings. The maximum atomic E-state index is 13.4. The lowest BCUT2D eigenvalue weighted by Crippen LogP contribution is -2.14. The summed E-state index contributed by atoms with van der Waals surface area (Å²) in [5, 5.41) is 2.51. The smallest absolute Gasteiger partial charge is 0.256 e. The Labute approximate surface area is 112 Å². The Hall–Kier alpha value is -1.75. The summed E-state index contributed by atoms with van der Waals surface area (Å²) in [5.41, 5.74) is 1.54. The number of halogens is 2. The largest absolute Gasteiger partial charge is 0.319 e. The summed E-state index contributed by atoms with van der Waals surface area (Å²) in [6.07, 6.45) is 2.48. The first-order valence-corrected chi connectivity index (χ1v) is 6.04. The Morgan fingerprint density at radius 1 is 1.39 bits per heavy atom. The number of carbonyl (C=O) groups excluding carboxylic acids is 1. The third-order valence-electron chi connectivity index (χ3n) is 2.39. The number of hydrogen-bond donors (Lipinski definition) is 1. The van der Waals surface area contributed by atoms with Crippen LogP contribution in [0.25, 0.3) is 0 Å².